The molecular weight excluding hydrogens is 284 g/mol. The summed E-state index contributed by atoms with van der Waals surface area (Å²) in [6.45, 7) is 0.695. The number of benzene rings is 1. The number of methoxy groups -OCH3 is 1. The summed E-state index contributed by atoms with van der Waals surface area (Å²) >= 11 is 1.45. The minimum Gasteiger partial charge on any atom is -0.497 e. The Kier molecular flexibility index (Phi) is 3.84. The van der Waals surface area contributed by atoms with Crippen molar-refractivity contribution in [2.24, 2.45) is 5.92 Å². The van der Waals surface area contributed by atoms with Crippen molar-refractivity contribution in [1.29, 1.82) is 0 Å². The highest BCUT2D eigenvalue weighted by Crippen LogP contribution is 2.38. The molecule has 1 saturated carbocycles. The molecule has 1 aliphatic carbocycles. The second-order valence-electron chi connectivity index (χ2n) is 5.24. The van der Waals surface area contributed by atoms with Crippen molar-refractivity contribution in [3.05, 3.63) is 40.8 Å². The zero-order valence-corrected chi connectivity index (χ0v) is 12.7. The van der Waals surface area contributed by atoms with Crippen LogP contribution in [0.15, 0.2) is 30.3 Å². The number of nitrogens with two attached hydrogens (primary N) is 1. The molecule has 21 heavy (non-hydrogen) atoms. The van der Waals surface area contributed by atoms with Crippen LogP contribution in [-0.4, -0.2) is 12.9 Å². The summed E-state index contributed by atoms with van der Waals surface area (Å²) in [6.07, 6.45) is 2.01. The molecule has 0 spiro atoms. The van der Waals surface area contributed by atoms with E-state index in [0.717, 1.165) is 29.2 Å². The van der Waals surface area contributed by atoms with E-state index in [1.54, 1.807) is 7.11 Å². The number of nitrogens with one attached hydrogen (secondary N) is 1. The van der Waals surface area contributed by atoms with Crippen LogP contribution >= 0.6 is 11.3 Å². The predicted octanol–water partition coefficient (Wildman–Crippen LogP) is 3.54. The number of anilines is 2. The maximum absolute atomic E-state index is 12.1. The zero-order valence-electron chi connectivity index (χ0n) is 11.9. The average Bonchev–Trinajstić information content (AvgIpc) is 3.28. The Morgan fingerprint density at radius 1 is 1.38 bits per heavy atom. The third-order valence-corrected chi connectivity index (χ3v) is 4.68. The maximum atomic E-state index is 12.1. The Morgan fingerprint density at radius 3 is 2.71 bits per heavy atom. The first kappa shape index (κ1) is 13.9. The quantitative estimate of drug-likeness (QED) is 0.801. The van der Waals surface area contributed by atoms with E-state index in [2.05, 4.69) is 5.32 Å². The van der Waals surface area contributed by atoms with E-state index < -0.39 is 0 Å². The molecule has 110 valence electrons. The molecule has 0 aliphatic heterocycles. The molecule has 1 aliphatic rings. The first-order valence-corrected chi connectivity index (χ1v) is 7.79. The molecule has 0 saturated heterocycles. The first-order valence-electron chi connectivity index (χ1n) is 6.97. The van der Waals surface area contributed by atoms with Gasteiger partial charge in [0.05, 0.1) is 22.7 Å². The van der Waals surface area contributed by atoms with Gasteiger partial charge < -0.3 is 15.8 Å². The fourth-order valence-corrected chi connectivity index (χ4v) is 3.14. The largest absolute Gasteiger partial charge is 0.497 e. The summed E-state index contributed by atoms with van der Waals surface area (Å²) in [5.41, 5.74) is 7.69. The van der Waals surface area contributed by atoms with Crippen molar-refractivity contribution in [1.82, 2.24) is 0 Å². The van der Waals surface area contributed by atoms with Gasteiger partial charge in [-0.1, -0.05) is 12.1 Å². The highest BCUT2D eigenvalue weighted by Gasteiger charge is 2.32. The second kappa shape index (κ2) is 5.77. The normalized spacial score (nSPS) is 14.0. The molecule has 0 bridgehead atoms. The number of rotatable bonds is 6. The molecule has 3 rings (SSSR count). The van der Waals surface area contributed by atoms with Crippen LogP contribution < -0.4 is 15.8 Å². The number of Topliss-reactive ketones (excluding diaryl/α,β-unsaturated/α-hetero) is 1. The number of thiophene rings is 1. The van der Waals surface area contributed by atoms with Gasteiger partial charge in [-0.15, -0.1) is 11.3 Å². The monoisotopic (exact) mass is 302 g/mol. The standard InChI is InChI=1S/C16H18N2O2S/c1-20-12-6-2-10(3-7-12)9-18-14-8-13(17)16(21-14)15(19)11-4-5-11/h2-3,6-8,11,18H,4-5,9,17H2,1H3. The van der Waals surface area contributed by atoms with E-state index in [-0.39, 0.29) is 11.7 Å². The van der Waals surface area contributed by atoms with Crippen molar-refractivity contribution in [2.45, 2.75) is 19.4 Å². The van der Waals surface area contributed by atoms with E-state index in [1.807, 2.05) is 30.3 Å². The Bertz CT molecular complexity index is 645. The minimum absolute atomic E-state index is 0.204. The second-order valence-corrected chi connectivity index (χ2v) is 6.29. The van der Waals surface area contributed by atoms with Gasteiger partial charge in [0.2, 0.25) is 0 Å². The summed E-state index contributed by atoms with van der Waals surface area (Å²) in [7, 11) is 1.65. The number of carbonyl (C=O) groups excluding carboxylic acids is 1. The van der Waals surface area contributed by atoms with Crippen LogP contribution in [0, 0.1) is 5.92 Å². The topological polar surface area (TPSA) is 64.3 Å². The minimum atomic E-state index is 0.204. The predicted molar refractivity (Wildman–Crippen MR) is 86.1 cm³/mol. The van der Waals surface area contributed by atoms with E-state index in [4.69, 9.17) is 10.5 Å². The Hall–Kier alpha value is -2.01. The van der Waals surface area contributed by atoms with E-state index in [1.165, 1.54) is 11.3 Å². The zero-order chi connectivity index (χ0) is 14.8. The van der Waals surface area contributed by atoms with Gasteiger partial charge in [0.25, 0.3) is 0 Å². The van der Waals surface area contributed by atoms with Gasteiger partial charge in [0, 0.05) is 12.5 Å². The Labute approximate surface area is 127 Å². The highest BCUT2D eigenvalue weighted by atomic mass is 32.1. The highest BCUT2D eigenvalue weighted by molar-refractivity contribution is 7.18. The maximum Gasteiger partial charge on any atom is 0.178 e. The van der Waals surface area contributed by atoms with Crippen molar-refractivity contribution in [3.63, 3.8) is 0 Å². The van der Waals surface area contributed by atoms with Gasteiger partial charge in [-0.2, -0.15) is 0 Å². The third kappa shape index (κ3) is 3.19. The van der Waals surface area contributed by atoms with Crippen molar-refractivity contribution in [2.75, 3.05) is 18.2 Å². The molecule has 0 radical (unpaired) electrons. The van der Waals surface area contributed by atoms with Crippen LogP contribution in [0.25, 0.3) is 0 Å². The Balaban J connectivity index is 1.64. The molecule has 1 aromatic carbocycles. The van der Waals surface area contributed by atoms with Crippen LogP contribution in [-0.2, 0) is 6.54 Å². The Morgan fingerprint density at radius 2 is 2.10 bits per heavy atom. The molecule has 2 aromatic rings. The summed E-state index contributed by atoms with van der Waals surface area (Å²) in [4.78, 5) is 12.8. The fraction of sp³-hybridized carbons (Fsp3) is 0.312. The lowest BCUT2D eigenvalue weighted by atomic mass is 10.2. The van der Waals surface area contributed by atoms with Crippen LogP contribution in [0.5, 0.6) is 5.75 Å². The number of nitrogen functional groups attached to an aromatic ring is 1. The molecule has 0 atom stereocenters. The van der Waals surface area contributed by atoms with Crippen molar-refractivity contribution >= 4 is 27.8 Å². The molecule has 3 N–H and O–H groups in total. The summed E-state index contributed by atoms with van der Waals surface area (Å²) in [5.74, 6) is 1.26. The van der Waals surface area contributed by atoms with Crippen LogP contribution in [0.1, 0.15) is 28.1 Å². The molecular formula is C16H18N2O2S. The average molecular weight is 302 g/mol. The SMILES string of the molecule is COc1ccc(CNc2cc(N)c(C(=O)C3CC3)s2)cc1. The van der Waals surface area contributed by atoms with Gasteiger partial charge in [-0.05, 0) is 36.6 Å². The summed E-state index contributed by atoms with van der Waals surface area (Å²) in [6, 6.07) is 9.74. The van der Waals surface area contributed by atoms with Gasteiger partial charge in [-0.25, -0.2) is 0 Å². The molecule has 0 unspecified atom stereocenters. The van der Waals surface area contributed by atoms with Gasteiger partial charge >= 0.3 is 0 Å². The molecule has 1 heterocycles. The number of ketones is 1. The van der Waals surface area contributed by atoms with Crippen molar-refractivity contribution < 1.29 is 9.53 Å². The number of hydrogen-bond acceptors (Lipinski definition) is 5. The van der Waals surface area contributed by atoms with E-state index in [0.29, 0.717) is 17.1 Å². The fourth-order valence-electron chi connectivity index (χ4n) is 2.15. The van der Waals surface area contributed by atoms with Crippen LogP contribution in [0.3, 0.4) is 0 Å². The molecule has 4 nitrogen and oxygen atoms in total. The third-order valence-electron chi connectivity index (χ3n) is 3.56. The molecule has 1 aromatic heterocycles. The number of hydrogen-bond donors (Lipinski definition) is 2. The first-order chi connectivity index (χ1) is 10.2. The lowest BCUT2D eigenvalue weighted by molar-refractivity contribution is 0.0972. The van der Waals surface area contributed by atoms with Crippen molar-refractivity contribution in [3.8, 4) is 5.75 Å². The van der Waals surface area contributed by atoms with Gasteiger partial charge in [-0.3, -0.25) is 4.79 Å². The smallest absolute Gasteiger partial charge is 0.178 e. The molecule has 5 heteroatoms. The molecule has 1 fully saturated rings. The summed E-state index contributed by atoms with van der Waals surface area (Å²) < 4.78 is 5.13. The number of ether oxygens (including phenoxy) is 1. The molecule has 0 amide bonds. The van der Waals surface area contributed by atoms with Crippen LogP contribution in [0.4, 0.5) is 10.7 Å². The van der Waals surface area contributed by atoms with Crippen LogP contribution in [0.2, 0.25) is 0 Å². The lowest BCUT2D eigenvalue weighted by Crippen LogP contribution is -2.01. The lowest BCUT2D eigenvalue weighted by Gasteiger charge is -2.05. The van der Waals surface area contributed by atoms with Gasteiger partial charge in [0.15, 0.2) is 5.78 Å². The summed E-state index contributed by atoms with van der Waals surface area (Å²) in [5, 5.41) is 4.26. The van der Waals surface area contributed by atoms with E-state index in [9.17, 15) is 4.79 Å². The number of carbonyl (C=O) groups is 1. The van der Waals surface area contributed by atoms with Gasteiger partial charge in [0.1, 0.15) is 5.75 Å². The van der Waals surface area contributed by atoms with E-state index >= 15 is 0 Å².